The molecule has 0 aliphatic carbocycles. The van der Waals surface area contributed by atoms with Crippen LogP contribution in [0.4, 0.5) is 10.1 Å². The van der Waals surface area contributed by atoms with Crippen LogP contribution in [0, 0.1) is 5.82 Å². The summed E-state index contributed by atoms with van der Waals surface area (Å²) in [5.74, 6) is -0.466. The molecule has 20 heavy (non-hydrogen) atoms. The lowest BCUT2D eigenvalue weighted by Crippen LogP contribution is -2.27. The summed E-state index contributed by atoms with van der Waals surface area (Å²) in [6, 6.07) is 11.2. The zero-order valence-electron chi connectivity index (χ0n) is 10.9. The second kappa shape index (κ2) is 6.05. The molecule has 0 unspecified atom stereocenters. The fourth-order valence-corrected chi connectivity index (χ4v) is 2.22. The number of nitrogen functional groups attached to an aromatic ring is 1. The maximum atomic E-state index is 12.8. The Morgan fingerprint density at radius 1 is 1.25 bits per heavy atom. The first kappa shape index (κ1) is 14.5. The first-order valence-electron chi connectivity index (χ1n) is 6.02. The Hall–Kier alpha value is -1.88. The molecule has 104 valence electrons. The van der Waals surface area contributed by atoms with E-state index in [9.17, 15) is 9.18 Å². The van der Waals surface area contributed by atoms with Gasteiger partial charge in [-0.25, -0.2) is 4.39 Å². The highest BCUT2D eigenvalue weighted by Gasteiger charge is 2.15. The van der Waals surface area contributed by atoms with Gasteiger partial charge in [0, 0.05) is 23.8 Å². The number of rotatable bonds is 3. The monoisotopic (exact) mass is 336 g/mol. The van der Waals surface area contributed by atoms with Gasteiger partial charge in [-0.3, -0.25) is 4.79 Å². The quantitative estimate of drug-likeness (QED) is 0.872. The van der Waals surface area contributed by atoms with Gasteiger partial charge < -0.3 is 10.6 Å². The number of carbonyl (C=O) groups excluding carboxylic acids is 1. The molecule has 0 heterocycles. The molecule has 0 saturated heterocycles. The van der Waals surface area contributed by atoms with Crippen LogP contribution >= 0.6 is 15.9 Å². The van der Waals surface area contributed by atoms with E-state index in [2.05, 4.69) is 15.9 Å². The Morgan fingerprint density at radius 3 is 2.55 bits per heavy atom. The molecule has 5 heteroatoms. The number of nitrogens with two attached hydrogens (primary N) is 1. The molecule has 2 N–H and O–H groups in total. The van der Waals surface area contributed by atoms with Crippen molar-refractivity contribution in [3.8, 4) is 0 Å². The molecule has 0 aliphatic rings. The highest BCUT2D eigenvalue weighted by Crippen LogP contribution is 2.20. The largest absolute Gasteiger partial charge is 0.398 e. The maximum absolute atomic E-state index is 12.8. The fraction of sp³-hybridized carbons (Fsp3) is 0.133. The second-order valence-corrected chi connectivity index (χ2v) is 5.43. The van der Waals surface area contributed by atoms with Gasteiger partial charge in [-0.15, -0.1) is 0 Å². The Balaban J connectivity index is 2.16. The number of hydrogen-bond acceptors (Lipinski definition) is 2. The van der Waals surface area contributed by atoms with E-state index in [1.807, 2.05) is 0 Å². The van der Waals surface area contributed by atoms with Gasteiger partial charge in [0.15, 0.2) is 0 Å². The minimum Gasteiger partial charge on any atom is -0.398 e. The summed E-state index contributed by atoms with van der Waals surface area (Å²) < 4.78 is 13.6. The predicted octanol–water partition coefficient (Wildman–Crippen LogP) is 3.44. The lowest BCUT2D eigenvalue weighted by molar-refractivity contribution is 0.0786. The van der Waals surface area contributed by atoms with Crippen LogP contribution in [0.1, 0.15) is 15.9 Å². The molecule has 0 fully saturated rings. The number of anilines is 1. The van der Waals surface area contributed by atoms with Crippen molar-refractivity contribution in [3.05, 3.63) is 63.9 Å². The molecule has 0 aliphatic heterocycles. The van der Waals surface area contributed by atoms with Crippen LogP contribution in [0.5, 0.6) is 0 Å². The molecular formula is C15H14BrFN2O. The van der Waals surface area contributed by atoms with E-state index >= 15 is 0 Å². The number of hydrogen-bond donors (Lipinski definition) is 1. The fourth-order valence-electron chi connectivity index (χ4n) is 1.85. The lowest BCUT2D eigenvalue weighted by atomic mass is 10.1. The molecule has 0 aromatic heterocycles. The van der Waals surface area contributed by atoms with Crippen LogP contribution in [-0.4, -0.2) is 17.9 Å². The third-order valence-corrected chi connectivity index (χ3v) is 3.42. The summed E-state index contributed by atoms with van der Waals surface area (Å²) in [5, 5.41) is 0. The van der Waals surface area contributed by atoms with Gasteiger partial charge in [-0.1, -0.05) is 28.1 Å². The van der Waals surface area contributed by atoms with Crippen LogP contribution < -0.4 is 5.73 Å². The summed E-state index contributed by atoms with van der Waals surface area (Å²) in [6.45, 7) is 0.394. The molecule has 0 spiro atoms. The van der Waals surface area contributed by atoms with Crippen molar-refractivity contribution in [3.63, 3.8) is 0 Å². The Labute approximate surface area is 125 Å². The van der Waals surface area contributed by atoms with E-state index in [1.165, 1.54) is 12.1 Å². The summed E-state index contributed by atoms with van der Waals surface area (Å²) in [7, 11) is 1.69. The number of carbonyl (C=O) groups is 1. The molecule has 0 radical (unpaired) electrons. The Bertz CT molecular complexity index is 628. The van der Waals surface area contributed by atoms with Gasteiger partial charge in [0.05, 0.1) is 5.56 Å². The second-order valence-electron chi connectivity index (χ2n) is 4.52. The number of benzene rings is 2. The molecule has 3 nitrogen and oxygen atoms in total. The molecular weight excluding hydrogens is 323 g/mol. The summed E-state index contributed by atoms with van der Waals surface area (Å²) in [6.07, 6.45) is 0. The standard InChI is InChI=1S/C15H14BrFN2O/c1-19(9-10-2-5-12(17)6-3-10)15(20)13-8-11(16)4-7-14(13)18/h2-8H,9,18H2,1H3. The zero-order chi connectivity index (χ0) is 14.7. The van der Waals surface area contributed by atoms with Crippen LogP contribution in [0.2, 0.25) is 0 Å². The molecule has 2 aromatic rings. The van der Waals surface area contributed by atoms with Crippen LogP contribution in [0.25, 0.3) is 0 Å². The van der Waals surface area contributed by atoms with Crippen molar-refractivity contribution in [1.82, 2.24) is 4.90 Å². The molecule has 2 rings (SSSR count). The van der Waals surface area contributed by atoms with E-state index in [-0.39, 0.29) is 11.7 Å². The van der Waals surface area contributed by atoms with E-state index in [0.29, 0.717) is 17.8 Å². The third-order valence-electron chi connectivity index (χ3n) is 2.93. The van der Waals surface area contributed by atoms with Crippen molar-refractivity contribution in [2.75, 3.05) is 12.8 Å². The smallest absolute Gasteiger partial charge is 0.256 e. The minimum atomic E-state index is -0.293. The number of amides is 1. The van der Waals surface area contributed by atoms with Gasteiger partial charge in [-0.05, 0) is 35.9 Å². The zero-order valence-corrected chi connectivity index (χ0v) is 12.5. The number of halogens is 2. The van der Waals surface area contributed by atoms with Crippen molar-refractivity contribution in [2.45, 2.75) is 6.54 Å². The SMILES string of the molecule is CN(Cc1ccc(F)cc1)C(=O)c1cc(Br)ccc1N. The molecule has 2 aromatic carbocycles. The summed E-state index contributed by atoms with van der Waals surface area (Å²) in [5.41, 5.74) is 7.56. The average Bonchev–Trinajstić information content (AvgIpc) is 2.43. The highest BCUT2D eigenvalue weighted by molar-refractivity contribution is 9.10. The van der Waals surface area contributed by atoms with Gasteiger partial charge in [0.2, 0.25) is 0 Å². The summed E-state index contributed by atoms with van der Waals surface area (Å²) >= 11 is 3.32. The first-order chi connectivity index (χ1) is 9.47. The van der Waals surface area contributed by atoms with E-state index in [4.69, 9.17) is 5.73 Å². The summed E-state index contributed by atoms with van der Waals surface area (Å²) in [4.78, 5) is 13.9. The first-order valence-corrected chi connectivity index (χ1v) is 6.81. The third kappa shape index (κ3) is 3.36. The minimum absolute atomic E-state index is 0.173. The Morgan fingerprint density at radius 2 is 1.90 bits per heavy atom. The van der Waals surface area contributed by atoms with E-state index in [1.54, 1.807) is 42.3 Å². The highest BCUT2D eigenvalue weighted by atomic mass is 79.9. The van der Waals surface area contributed by atoms with Gasteiger partial charge in [0.25, 0.3) is 5.91 Å². The molecule has 0 bridgehead atoms. The molecule has 0 atom stereocenters. The normalized spacial score (nSPS) is 10.3. The molecule has 0 saturated carbocycles. The number of nitrogens with zero attached hydrogens (tertiary/aromatic N) is 1. The van der Waals surface area contributed by atoms with Crippen LogP contribution in [0.3, 0.4) is 0 Å². The maximum Gasteiger partial charge on any atom is 0.256 e. The van der Waals surface area contributed by atoms with Gasteiger partial charge >= 0.3 is 0 Å². The molecule has 1 amide bonds. The predicted molar refractivity (Wildman–Crippen MR) is 80.8 cm³/mol. The van der Waals surface area contributed by atoms with Gasteiger partial charge in [-0.2, -0.15) is 0 Å². The van der Waals surface area contributed by atoms with Crippen LogP contribution in [-0.2, 0) is 6.54 Å². The van der Waals surface area contributed by atoms with Gasteiger partial charge in [0.1, 0.15) is 5.82 Å². The van der Waals surface area contributed by atoms with Crippen molar-refractivity contribution in [1.29, 1.82) is 0 Å². The lowest BCUT2D eigenvalue weighted by Gasteiger charge is -2.18. The van der Waals surface area contributed by atoms with Crippen molar-refractivity contribution >= 4 is 27.5 Å². The van der Waals surface area contributed by atoms with Crippen LogP contribution in [0.15, 0.2) is 46.9 Å². The van der Waals surface area contributed by atoms with E-state index in [0.717, 1.165) is 10.0 Å². The van der Waals surface area contributed by atoms with Crippen molar-refractivity contribution < 1.29 is 9.18 Å². The van der Waals surface area contributed by atoms with E-state index < -0.39 is 0 Å². The van der Waals surface area contributed by atoms with Crippen molar-refractivity contribution in [2.24, 2.45) is 0 Å². The Kier molecular flexibility index (Phi) is 4.39. The average molecular weight is 337 g/mol. The topological polar surface area (TPSA) is 46.3 Å².